The molecule has 0 saturated heterocycles. The first kappa shape index (κ1) is 18.3. The topological polar surface area (TPSA) is 48.9 Å². The Hall–Kier alpha value is -1.75. The molecule has 22 heavy (non-hydrogen) atoms. The van der Waals surface area contributed by atoms with Crippen LogP contribution in [0.25, 0.3) is 0 Å². The summed E-state index contributed by atoms with van der Waals surface area (Å²) in [5.74, 6) is 1.79. The molecule has 0 amide bonds. The molecule has 2 N–H and O–H groups in total. The van der Waals surface area contributed by atoms with Gasteiger partial charge in [-0.05, 0) is 58.1 Å². The molecule has 0 aliphatic heterocycles. The van der Waals surface area contributed by atoms with Crippen molar-refractivity contribution in [3.63, 3.8) is 0 Å². The Kier molecular flexibility index (Phi) is 9.07. The van der Waals surface area contributed by atoms with Gasteiger partial charge in [-0.1, -0.05) is 12.1 Å². The molecular formula is C17H30N4O. The first-order valence-corrected chi connectivity index (χ1v) is 7.95. The summed E-state index contributed by atoms with van der Waals surface area (Å²) >= 11 is 0. The first-order valence-electron chi connectivity index (χ1n) is 7.95. The number of nitrogens with one attached hydrogen (secondary N) is 2. The van der Waals surface area contributed by atoms with Crippen molar-refractivity contribution in [1.82, 2.24) is 15.5 Å². The highest BCUT2D eigenvalue weighted by Gasteiger charge is 1.99. The van der Waals surface area contributed by atoms with Gasteiger partial charge in [0.05, 0.1) is 7.11 Å². The Labute approximate surface area is 134 Å². The van der Waals surface area contributed by atoms with Crippen molar-refractivity contribution in [2.45, 2.75) is 19.8 Å². The predicted octanol–water partition coefficient (Wildman–Crippen LogP) is 1.74. The van der Waals surface area contributed by atoms with Crippen molar-refractivity contribution in [2.24, 2.45) is 4.99 Å². The van der Waals surface area contributed by atoms with Crippen LogP contribution in [0.4, 0.5) is 0 Å². The van der Waals surface area contributed by atoms with Crippen LogP contribution in [0, 0.1) is 0 Å². The molecule has 0 aliphatic rings. The Morgan fingerprint density at radius 2 is 1.91 bits per heavy atom. The Morgan fingerprint density at radius 1 is 1.18 bits per heavy atom. The van der Waals surface area contributed by atoms with E-state index in [9.17, 15) is 0 Å². The van der Waals surface area contributed by atoms with E-state index in [0.29, 0.717) is 0 Å². The highest BCUT2D eigenvalue weighted by atomic mass is 16.5. The molecule has 0 saturated carbocycles. The summed E-state index contributed by atoms with van der Waals surface area (Å²) in [7, 11) is 5.86. The molecular weight excluding hydrogens is 276 g/mol. The van der Waals surface area contributed by atoms with Gasteiger partial charge in [-0.25, -0.2) is 0 Å². The second-order valence-electron chi connectivity index (χ2n) is 5.44. The fourth-order valence-electron chi connectivity index (χ4n) is 2.04. The van der Waals surface area contributed by atoms with Gasteiger partial charge in [-0.3, -0.25) is 4.99 Å². The van der Waals surface area contributed by atoms with Crippen LogP contribution in [-0.4, -0.2) is 58.2 Å². The number of guanidine groups is 1. The highest BCUT2D eigenvalue weighted by Crippen LogP contribution is 2.11. The number of hydrogen-bond donors (Lipinski definition) is 2. The zero-order chi connectivity index (χ0) is 16.2. The lowest BCUT2D eigenvalue weighted by molar-refractivity contribution is 0.403. The Balaban J connectivity index is 2.34. The summed E-state index contributed by atoms with van der Waals surface area (Å²) in [6.45, 7) is 5.74. The maximum atomic E-state index is 5.17. The highest BCUT2D eigenvalue weighted by molar-refractivity contribution is 5.79. The van der Waals surface area contributed by atoms with E-state index in [0.717, 1.165) is 50.7 Å². The number of hydrogen-bond acceptors (Lipinski definition) is 3. The van der Waals surface area contributed by atoms with E-state index in [-0.39, 0.29) is 0 Å². The van der Waals surface area contributed by atoms with Crippen molar-refractivity contribution in [2.75, 3.05) is 47.4 Å². The molecule has 0 atom stereocenters. The molecule has 1 aromatic carbocycles. The third-order valence-electron chi connectivity index (χ3n) is 3.24. The Bertz CT molecular complexity index is 429. The molecule has 1 aromatic rings. The normalized spacial score (nSPS) is 11.6. The average Bonchev–Trinajstić information content (AvgIpc) is 2.52. The number of methoxy groups -OCH3 is 1. The van der Waals surface area contributed by atoms with Gasteiger partial charge >= 0.3 is 0 Å². The van der Waals surface area contributed by atoms with Crippen LogP contribution < -0.4 is 15.4 Å². The summed E-state index contributed by atoms with van der Waals surface area (Å²) < 4.78 is 5.17. The third kappa shape index (κ3) is 7.88. The second kappa shape index (κ2) is 10.9. The number of benzene rings is 1. The van der Waals surface area contributed by atoms with E-state index < -0.39 is 0 Å². The number of rotatable bonds is 9. The molecule has 1 rings (SSSR count). The van der Waals surface area contributed by atoms with Crippen LogP contribution in [0.5, 0.6) is 5.75 Å². The van der Waals surface area contributed by atoms with Crippen LogP contribution in [0.15, 0.2) is 29.3 Å². The van der Waals surface area contributed by atoms with Gasteiger partial charge in [0, 0.05) is 19.6 Å². The van der Waals surface area contributed by atoms with Crippen molar-refractivity contribution < 1.29 is 4.74 Å². The van der Waals surface area contributed by atoms with Crippen molar-refractivity contribution >= 4 is 5.96 Å². The van der Waals surface area contributed by atoms with E-state index in [1.807, 2.05) is 12.1 Å². The summed E-state index contributed by atoms with van der Waals surface area (Å²) in [6.07, 6.45) is 2.04. The van der Waals surface area contributed by atoms with Crippen molar-refractivity contribution in [3.05, 3.63) is 29.8 Å². The van der Waals surface area contributed by atoms with Crippen LogP contribution in [0.3, 0.4) is 0 Å². The lowest BCUT2D eigenvalue weighted by atomic mass is 10.1. The smallest absolute Gasteiger partial charge is 0.191 e. The molecule has 0 bridgehead atoms. The van der Waals surface area contributed by atoms with Gasteiger partial charge in [0.25, 0.3) is 0 Å². The van der Waals surface area contributed by atoms with Crippen LogP contribution in [0.2, 0.25) is 0 Å². The quantitative estimate of drug-likeness (QED) is 0.414. The van der Waals surface area contributed by atoms with E-state index in [4.69, 9.17) is 4.74 Å². The first-order chi connectivity index (χ1) is 10.7. The standard InChI is InChI=1S/C17H30N4O/c1-5-18-17(19-12-6-14-21(2)3)20-13-11-15-7-9-16(22-4)10-8-15/h7-10H,5-6,11-14H2,1-4H3,(H2,18,19,20). The maximum Gasteiger partial charge on any atom is 0.191 e. The lowest BCUT2D eigenvalue weighted by Gasteiger charge is -2.12. The fourth-order valence-corrected chi connectivity index (χ4v) is 2.04. The summed E-state index contributed by atoms with van der Waals surface area (Å²) in [4.78, 5) is 6.77. The lowest BCUT2D eigenvalue weighted by Crippen LogP contribution is -2.38. The predicted molar refractivity (Wildman–Crippen MR) is 93.9 cm³/mol. The van der Waals surface area contributed by atoms with Gasteiger partial charge in [-0.15, -0.1) is 0 Å². The molecule has 0 heterocycles. The van der Waals surface area contributed by atoms with Crippen molar-refractivity contribution in [1.29, 1.82) is 0 Å². The second-order valence-corrected chi connectivity index (χ2v) is 5.44. The SMILES string of the molecule is CCNC(=NCCCN(C)C)NCCc1ccc(OC)cc1. The minimum Gasteiger partial charge on any atom is -0.497 e. The van der Waals surface area contributed by atoms with E-state index in [1.165, 1.54) is 5.56 Å². The van der Waals surface area contributed by atoms with E-state index >= 15 is 0 Å². The van der Waals surface area contributed by atoms with Gasteiger partial charge in [0.2, 0.25) is 0 Å². The zero-order valence-corrected chi connectivity index (χ0v) is 14.4. The summed E-state index contributed by atoms with van der Waals surface area (Å²) in [5.41, 5.74) is 1.29. The number of nitrogens with zero attached hydrogens (tertiary/aromatic N) is 2. The summed E-state index contributed by atoms with van der Waals surface area (Å²) in [5, 5.41) is 6.66. The minimum atomic E-state index is 0.843. The van der Waals surface area contributed by atoms with E-state index in [1.54, 1.807) is 7.11 Å². The molecule has 0 aliphatic carbocycles. The fraction of sp³-hybridized carbons (Fsp3) is 0.588. The molecule has 0 aromatic heterocycles. The maximum absolute atomic E-state index is 5.17. The molecule has 5 heteroatoms. The third-order valence-corrected chi connectivity index (χ3v) is 3.24. The largest absolute Gasteiger partial charge is 0.497 e. The van der Waals surface area contributed by atoms with Gasteiger partial charge in [0.1, 0.15) is 5.75 Å². The van der Waals surface area contributed by atoms with E-state index in [2.05, 4.69) is 53.7 Å². The van der Waals surface area contributed by atoms with Gasteiger partial charge in [-0.2, -0.15) is 0 Å². The molecule has 0 radical (unpaired) electrons. The minimum absolute atomic E-state index is 0.843. The monoisotopic (exact) mass is 306 g/mol. The Morgan fingerprint density at radius 3 is 2.50 bits per heavy atom. The van der Waals surface area contributed by atoms with Crippen LogP contribution in [0.1, 0.15) is 18.9 Å². The zero-order valence-electron chi connectivity index (χ0n) is 14.4. The van der Waals surface area contributed by atoms with Crippen molar-refractivity contribution in [3.8, 4) is 5.75 Å². The van der Waals surface area contributed by atoms with Gasteiger partial charge in [0.15, 0.2) is 5.96 Å². The van der Waals surface area contributed by atoms with Gasteiger partial charge < -0.3 is 20.3 Å². The van der Waals surface area contributed by atoms with Crippen LogP contribution in [-0.2, 0) is 6.42 Å². The molecule has 5 nitrogen and oxygen atoms in total. The molecule has 0 spiro atoms. The van der Waals surface area contributed by atoms with Crippen LogP contribution >= 0.6 is 0 Å². The molecule has 0 fully saturated rings. The summed E-state index contributed by atoms with van der Waals surface area (Å²) in [6, 6.07) is 8.19. The number of aliphatic imine (C=N–C) groups is 1. The number of ether oxygens (including phenoxy) is 1. The molecule has 0 unspecified atom stereocenters. The average molecular weight is 306 g/mol. The molecule has 124 valence electrons.